The summed E-state index contributed by atoms with van der Waals surface area (Å²) in [5.41, 5.74) is 5.09. The van der Waals surface area contributed by atoms with Gasteiger partial charge in [-0.3, -0.25) is 0 Å². The third-order valence-corrected chi connectivity index (χ3v) is 3.43. The van der Waals surface area contributed by atoms with Crippen molar-refractivity contribution in [2.45, 2.75) is 46.6 Å². The molecule has 3 nitrogen and oxygen atoms in total. The van der Waals surface area contributed by atoms with Crippen molar-refractivity contribution in [2.24, 2.45) is 0 Å². The van der Waals surface area contributed by atoms with Crippen molar-refractivity contribution in [3.8, 4) is 5.69 Å². The van der Waals surface area contributed by atoms with E-state index in [0.717, 1.165) is 38.0 Å². The molecule has 2 aromatic rings. The molecule has 0 unspecified atom stereocenters. The van der Waals surface area contributed by atoms with Crippen LogP contribution in [0.15, 0.2) is 30.5 Å². The fourth-order valence-corrected chi connectivity index (χ4v) is 2.44. The van der Waals surface area contributed by atoms with Crippen LogP contribution in [0.5, 0.6) is 0 Å². The van der Waals surface area contributed by atoms with E-state index in [2.05, 4.69) is 60.1 Å². The zero-order chi connectivity index (χ0) is 14.4. The molecule has 0 saturated heterocycles. The minimum atomic E-state index is 0.912. The van der Waals surface area contributed by atoms with Crippen molar-refractivity contribution in [1.29, 1.82) is 0 Å². The first kappa shape index (κ1) is 14.8. The topological polar surface area (TPSA) is 29.9 Å². The third kappa shape index (κ3) is 3.48. The second-order valence-corrected chi connectivity index (χ2v) is 5.29. The molecule has 108 valence electrons. The van der Waals surface area contributed by atoms with Gasteiger partial charge >= 0.3 is 0 Å². The quantitative estimate of drug-likeness (QED) is 0.779. The van der Waals surface area contributed by atoms with E-state index >= 15 is 0 Å². The summed E-state index contributed by atoms with van der Waals surface area (Å²) in [5, 5.41) is 8.07. The molecular weight excluding hydrogens is 246 g/mol. The zero-order valence-electron chi connectivity index (χ0n) is 12.8. The Morgan fingerprint density at radius 3 is 2.75 bits per heavy atom. The van der Waals surface area contributed by atoms with Gasteiger partial charge in [-0.2, -0.15) is 5.10 Å². The van der Waals surface area contributed by atoms with Gasteiger partial charge in [-0.05, 0) is 44.0 Å². The van der Waals surface area contributed by atoms with Gasteiger partial charge in [0.2, 0.25) is 0 Å². The number of benzene rings is 1. The molecule has 1 aromatic heterocycles. The molecule has 20 heavy (non-hydrogen) atoms. The van der Waals surface area contributed by atoms with Gasteiger partial charge in [-0.1, -0.05) is 32.4 Å². The van der Waals surface area contributed by atoms with Crippen LogP contribution in [0.3, 0.4) is 0 Å². The average Bonchev–Trinajstić information content (AvgIpc) is 2.83. The smallest absolute Gasteiger partial charge is 0.0651 e. The molecule has 2 rings (SSSR count). The van der Waals surface area contributed by atoms with E-state index in [0.29, 0.717) is 0 Å². The Labute approximate surface area is 122 Å². The molecule has 0 radical (unpaired) electrons. The van der Waals surface area contributed by atoms with Gasteiger partial charge in [0.15, 0.2) is 0 Å². The molecule has 1 aromatic carbocycles. The summed E-state index contributed by atoms with van der Waals surface area (Å²) in [4.78, 5) is 0. The molecule has 0 amide bonds. The molecule has 0 aliphatic carbocycles. The van der Waals surface area contributed by atoms with E-state index in [1.54, 1.807) is 0 Å². The molecule has 0 spiro atoms. The Hall–Kier alpha value is -1.61. The third-order valence-electron chi connectivity index (χ3n) is 3.43. The highest BCUT2D eigenvalue weighted by Crippen LogP contribution is 2.17. The van der Waals surface area contributed by atoms with Crippen molar-refractivity contribution in [2.75, 3.05) is 6.54 Å². The van der Waals surface area contributed by atoms with Crippen LogP contribution in [0.1, 0.15) is 43.5 Å². The molecule has 0 saturated carbocycles. The van der Waals surface area contributed by atoms with E-state index in [1.165, 1.54) is 16.8 Å². The first-order chi connectivity index (χ1) is 9.76. The summed E-state index contributed by atoms with van der Waals surface area (Å²) in [5.74, 6) is 0. The monoisotopic (exact) mass is 271 g/mol. The Morgan fingerprint density at radius 1 is 1.20 bits per heavy atom. The number of hydrogen-bond acceptors (Lipinski definition) is 2. The fourth-order valence-electron chi connectivity index (χ4n) is 2.44. The molecule has 1 heterocycles. The maximum atomic E-state index is 4.60. The van der Waals surface area contributed by atoms with E-state index in [1.807, 2.05) is 6.20 Å². The standard InChI is InChI=1S/C17H25N3/c1-4-7-17-15(12-18-10-5-2)13-19-20(17)16-9-6-8-14(3)11-16/h6,8-9,11,13,18H,4-5,7,10,12H2,1-3H3. The maximum Gasteiger partial charge on any atom is 0.0651 e. The summed E-state index contributed by atoms with van der Waals surface area (Å²) >= 11 is 0. The molecule has 0 bridgehead atoms. The molecule has 1 N–H and O–H groups in total. The second-order valence-electron chi connectivity index (χ2n) is 5.29. The van der Waals surface area contributed by atoms with Crippen LogP contribution in [0, 0.1) is 6.92 Å². The van der Waals surface area contributed by atoms with E-state index < -0.39 is 0 Å². The van der Waals surface area contributed by atoms with E-state index in [4.69, 9.17) is 0 Å². The Bertz CT molecular complexity index is 543. The predicted molar refractivity (Wildman–Crippen MR) is 84.3 cm³/mol. The normalized spacial score (nSPS) is 10.9. The van der Waals surface area contributed by atoms with Crippen LogP contribution >= 0.6 is 0 Å². The highest BCUT2D eigenvalue weighted by atomic mass is 15.3. The van der Waals surface area contributed by atoms with Crippen LogP contribution in [-0.4, -0.2) is 16.3 Å². The number of aromatic nitrogens is 2. The molecule has 0 atom stereocenters. The molecule has 0 aliphatic rings. The van der Waals surface area contributed by atoms with Gasteiger partial charge in [0.05, 0.1) is 11.9 Å². The number of rotatable bonds is 7. The lowest BCUT2D eigenvalue weighted by Gasteiger charge is -2.10. The lowest BCUT2D eigenvalue weighted by atomic mass is 10.1. The Morgan fingerprint density at radius 2 is 2.05 bits per heavy atom. The molecular formula is C17H25N3. The lowest BCUT2D eigenvalue weighted by Crippen LogP contribution is -2.15. The summed E-state index contributed by atoms with van der Waals surface area (Å²) in [6, 6.07) is 8.53. The van der Waals surface area contributed by atoms with Gasteiger partial charge < -0.3 is 5.32 Å². The van der Waals surface area contributed by atoms with Crippen LogP contribution in [-0.2, 0) is 13.0 Å². The Balaban J connectivity index is 2.28. The lowest BCUT2D eigenvalue weighted by molar-refractivity contribution is 0.666. The van der Waals surface area contributed by atoms with Crippen molar-refractivity contribution in [3.05, 3.63) is 47.3 Å². The highest BCUT2D eigenvalue weighted by Gasteiger charge is 2.11. The van der Waals surface area contributed by atoms with Gasteiger partial charge in [0, 0.05) is 17.8 Å². The summed E-state index contributed by atoms with van der Waals surface area (Å²) in [7, 11) is 0. The summed E-state index contributed by atoms with van der Waals surface area (Å²) in [6.07, 6.45) is 5.38. The van der Waals surface area contributed by atoms with Crippen molar-refractivity contribution in [1.82, 2.24) is 15.1 Å². The SMILES string of the molecule is CCCNCc1cnn(-c2cccc(C)c2)c1CCC. The molecule has 0 fully saturated rings. The predicted octanol–water partition coefficient (Wildman–Crippen LogP) is 3.63. The fraction of sp³-hybridized carbons (Fsp3) is 0.471. The maximum absolute atomic E-state index is 4.60. The Kier molecular flexibility index (Phi) is 5.36. The number of nitrogens with zero attached hydrogens (tertiary/aromatic N) is 2. The first-order valence-corrected chi connectivity index (χ1v) is 7.59. The van der Waals surface area contributed by atoms with Crippen LogP contribution in [0.25, 0.3) is 5.69 Å². The zero-order valence-corrected chi connectivity index (χ0v) is 12.8. The first-order valence-electron chi connectivity index (χ1n) is 7.59. The van der Waals surface area contributed by atoms with Crippen LogP contribution in [0.4, 0.5) is 0 Å². The van der Waals surface area contributed by atoms with Gasteiger partial charge in [-0.15, -0.1) is 0 Å². The highest BCUT2D eigenvalue weighted by molar-refractivity contribution is 5.38. The summed E-state index contributed by atoms with van der Waals surface area (Å²) < 4.78 is 2.10. The second kappa shape index (κ2) is 7.25. The average molecular weight is 271 g/mol. The number of hydrogen-bond donors (Lipinski definition) is 1. The molecule has 0 aliphatic heterocycles. The largest absolute Gasteiger partial charge is 0.313 e. The van der Waals surface area contributed by atoms with E-state index in [-0.39, 0.29) is 0 Å². The van der Waals surface area contributed by atoms with Crippen molar-refractivity contribution in [3.63, 3.8) is 0 Å². The van der Waals surface area contributed by atoms with Gasteiger partial charge in [0.1, 0.15) is 0 Å². The summed E-state index contributed by atoms with van der Waals surface area (Å²) in [6.45, 7) is 8.50. The van der Waals surface area contributed by atoms with Gasteiger partial charge in [-0.25, -0.2) is 4.68 Å². The molecule has 3 heteroatoms. The minimum Gasteiger partial charge on any atom is -0.313 e. The number of aryl methyl sites for hydroxylation is 1. The van der Waals surface area contributed by atoms with Crippen LogP contribution in [0.2, 0.25) is 0 Å². The van der Waals surface area contributed by atoms with Crippen LogP contribution < -0.4 is 5.32 Å². The van der Waals surface area contributed by atoms with Crippen molar-refractivity contribution < 1.29 is 0 Å². The van der Waals surface area contributed by atoms with Gasteiger partial charge in [0.25, 0.3) is 0 Å². The van der Waals surface area contributed by atoms with E-state index in [9.17, 15) is 0 Å². The minimum absolute atomic E-state index is 0.912. The number of nitrogens with one attached hydrogen (secondary N) is 1. The van der Waals surface area contributed by atoms with Crippen molar-refractivity contribution >= 4 is 0 Å².